The molecule has 0 fully saturated rings. The highest BCUT2D eigenvalue weighted by molar-refractivity contribution is 9.10. The van der Waals surface area contributed by atoms with Gasteiger partial charge in [0.05, 0.1) is 10.9 Å². The van der Waals surface area contributed by atoms with E-state index >= 15 is 0 Å². The van der Waals surface area contributed by atoms with Crippen LogP contribution in [0.4, 0.5) is 0 Å². The molecule has 1 aromatic heterocycles. The lowest BCUT2D eigenvalue weighted by Gasteiger charge is -2.03. The molecule has 5 heteroatoms. The van der Waals surface area contributed by atoms with Gasteiger partial charge >= 0.3 is 0 Å². The molecule has 2 N–H and O–H groups in total. The van der Waals surface area contributed by atoms with E-state index in [2.05, 4.69) is 25.9 Å². The van der Waals surface area contributed by atoms with Crippen molar-refractivity contribution in [3.05, 3.63) is 38.9 Å². The number of benzene rings is 1. The van der Waals surface area contributed by atoms with Gasteiger partial charge in [0.25, 0.3) is 5.56 Å². The molecule has 0 atom stereocenters. The van der Waals surface area contributed by atoms with Crippen LogP contribution in [-0.2, 0) is 6.42 Å². The third kappa shape index (κ3) is 2.15. The zero-order valence-electron chi connectivity index (χ0n) is 8.53. The second-order valence-electron chi connectivity index (χ2n) is 3.48. The number of aryl methyl sites for hydroxylation is 1. The summed E-state index contributed by atoms with van der Waals surface area (Å²) in [4.78, 5) is 18.8. The smallest absolute Gasteiger partial charge is 0.258 e. The zero-order valence-corrected chi connectivity index (χ0v) is 10.1. The summed E-state index contributed by atoms with van der Waals surface area (Å²) in [7, 11) is 0. The van der Waals surface area contributed by atoms with E-state index in [4.69, 9.17) is 5.11 Å². The van der Waals surface area contributed by atoms with Crippen molar-refractivity contribution in [1.82, 2.24) is 9.97 Å². The van der Waals surface area contributed by atoms with Gasteiger partial charge in [-0.15, -0.1) is 0 Å². The Morgan fingerprint density at radius 2 is 2.25 bits per heavy atom. The maximum atomic E-state index is 11.7. The lowest BCUT2D eigenvalue weighted by atomic mass is 10.2. The summed E-state index contributed by atoms with van der Waals surface area (Å²) < 4.78 is 0.807. The molecule has 0 radical (unpaired) electrons. The SMILES string of the molecule is O=c1[nH]c(CCCO)nc2c(Br)cccc12. The number of H-pyrrole nitrogens is 1. The Balaban J connectivity index is 2.57. The number of aromatic nitrogens is 2. The lowest BCUT2D eigenvalue weighted by molar-refractivity contribution is 0.287. The summed E-state index contributed by atoms with van der Waals surface area (Å²) in [6, 6.07) is 5.39. The van der Waals surface area contributed by atoms with Gasteiger partial charge in [0, 0.05) is 17.5 Å². The van der Waals surface area contributed by atoms with Crippen LogP contribution in [0.3, 0.4) is 0 Å². The van der Waals surface area contributed by atoms with Crippen molar-refractivity contribution in [1.29, 1.82) is 0 Å². The number of rotatable bonds is 3. The molecule has 0 amide bonds. The minimum absolute atomic E-state index is 0.0949. The molecule has 1 heterocycles. The molecule has 0 aliphatic rings. The first-order valence-corrected chi connectivity index (χ1v) is 5.80. The van der Waals surface area contributed by atoms with Crippen molar-refractivity contribution < 1.29 is 5.11 Å². The predicted molar refractivity (Wildman–Crippen MR) is 65.5 cm³/mol. The number of hydrogen-bond acceptors (Lipinski definition) is 3. The largest absolute Gasteiger partial charge is 0.396 e. The number of hydrogen-bond donors (Lipinski definition) is 2. The number of para-hydroxylation sites is 1. The summed E-state index contributed by atoms with van der Waals surface area (Å²) in [5.74, 6) is 0.610. The normalized spacial score (nSPS) is 10.9. The summed E-state index contributed by atoms with van der Waals surface area (Å²) in [6.07, 6.45) is 1.17. The van der Waals surface area contributed by atoms with Crippen molar-refractivity contribution in [2.24, 2.45) is 0 Å². The number of halogens is 1. The molecule has 0 spiro atoms. The fourth-order valence-electron chi connectivity index (χ4n) is 1.54. The van der Waals surface area contributed by atoms with Gasteiger partial charge < -0.3 is 10.1 Å². The first-order valence-electron chi connectivity index (χ1n) is 5.00. The van der Waals surface area contributed by atoms with E-state index in [9.17, 15) is 4.79 Å². The quantitative estimate of drug-likeness (QED) is 0.899. The van der Waals surface area contributed by atoms with Crippen LogP contribution in [-0.4, -0.2) is 21.7 Å². The Labute approximate surface area is 100 Å². The van der Waals surface area contributed by atoms with Gasteiger partial charge in [0.2, 0.25) is 0 Å². The average Bonchev–Trinajstić information content (AvgIpc) is 2.28. The topological polar surface area (TPSA) is 66.0 Å². The molecule has 84 valence electrons. The fraction of sp³-hybridized carbons (Fsp3) is 0.273. The number of aliphatic hydroxyl groups is 1. The summed E-state index contributed by atoms with van der Waals surface area (Å²) in [5, 5.41) is 9.31. The second kappa shape index (κ2) is 4.76. The third-order valence-corrected chi connectivity index (χ3v) is 2.95. The van der Waals surface area contributed by atoms with E-state index in [0.29, 0.717) is 29.6 Å². The van der Waals surface area contributed by atoms with Gasteiger partial charge in [-0.25, -0.2) is 4.98 Å². The lowest BCUT2D eigenvalue weighted by Crippen LogP contribution is -2.12. The number of aliphatic hydroxyl groups excluding tert-OH is 1. The monoisotopic (exact) mass is 282 g/mol. The van der Waals surface area contributed by atoms with Gasteiger partial charge in [-0.3, -0.25) is 4.79 Å². The Bertz CT molecular complexity index is 565. The van der Waals surface area contributed by atoms with Gasteiger partial charge in [0.1, 0.15) is 5.82 Å². The van der Waals surface area contributed by atoms with Crippen LogP contribution in [0.15, 0.2) is 27.5 Å². The molecule has 1 aromatic carbocycles. The molecule has 0 bridgehead atoms. The highest BCUT2D eigenvalue weighted by Crippen LogP contribution is 2.19. The zero-order chi connectivity index (χ0) is 11.5. The van der Waals surface area contributed by atoms with Gasteiger partial charge in [-0.1, -0.05) is 6.07 Å². The van der Waals surface area contributed by atoms with E-state index in [1.54, 1.807) is 12.1 Å². The minimum atomic E-state index is -0.140. The van der Waals surface area contributed by atoms with Crippen molar-refractivity contribution in [3.63, 3.8) is 0 Å². The molecule has 0 saturated carbocycles. The summed E-state index contributed by atoms with van der Waals surface area (Å²) in [6.45, 7) is 0.0949. The standard InChI is InChI=1S/C11H11BrN2O2/c12-8-4-1-3-7-10(8)13-9(5-2-6-15)14-11(7)16/h1,3-4,15H,2,5-6H2,(H,13,14,16). The number of aromatic amines is 1. The minimum Gasteiger partial charge on any atom is -0.396 e. The van der Waals surface area contributed by atoms with Gasteiger partial charge in [0.15, 0.2) is 0 Å². The molecule has 2 aromatic rings. The number of nitrogens with one attached hydrogen (secondary N) is 1. The first-order chi connectivity index (χ1) is 7.72. The Kier molecular flexibility index (Phi) is 3.36. The predicted octanol–water partition coefficient (Wildman–Crippen LogP) is 1.61. The van der Waals surface area contributed by atoms with Crippen LogP contribution in [0.1, 0.15) is 12.2 Å². The average molecular weight is 283 g/mol. The number of nitrogens with zero attached hydrogens (tertiary/aromatic N) is 1. The molecule has 4 nitrogen and oxygen atoms in total. The van der Waals surface area contributed by atoms with E-state index in [0.717, 1.165) is 4.47 Å². The maximum Gasteiger partial charge on any atom is 0.258 e. The van der Waals surface area contributed by atoms with Crippen LogP contribution in [0.5, 0.6) is 0 Å². The van der Waals surface area contributed by atoms with Crippen LogP contribution in [0.2, 0.25) is 0 Å². The molecule has 2 rings (SSSR count). The van der Waals surface area contributed by atoms with E-state index in [1.165, 1.54) is 0 Å². The van der Waals surface area contributed by atoms with Crippen LogP contribution in [0.25, 0.3) is 10.9 Å². The van der Waals surface area contributed by atoms with Crippen molar-refractivity contribution in [2.45, 2.75) is 12.8 Å². The van der Waals surface area contributed by atoms with Gasteiger partial charge in [-0.05, 0) is 34.5 Å². The first kappa shape index (κ1) is 11.3. The Hall–Kier alpha value is -1.20. The molecule has 16 heavy (non-hydrogen) atoms. The maximum absolute atomic E-state index is 11.7. The van der Waals surface area contributed by atoms with Crippen molar-refractivity contribution >= 4 is 26.8 Å². The van der Waals surface area contributed by atoms with Crippen molar-refractivity contribution in [3.8, 4) is 0 Å². The summed E-state index contributed by atoms with van der Waals surface area (Å²) in [5.41, 5.74) is 0.526. The molecule has 0 aliphatic heterocycles. The van der Waals surface area contributed by atoms with E-state index in [1.807, 2.05) is 6.07 Å². The van der Waals surface area contributed by atoms with Crippen LogP contribution in [0, 0.1) is 0 Å². The number of fused-ring (bicyclic) bond motifs is 1. The third-order valence-electron chi connectivity index (χ3n) is 2.31. The second-order valence-corrected chi connectivity index (χ2v) is 4.33. The fourth-order valence-corrected chi connectivity index (χ4v) is 1.99. The van der Waals surface area contributed by atoms with Crippen molar-refractivity contribution in [2.75, 3.05) is 6.61 Å². The molecule has 0 saturated heterocycles. The molecular formula is C11H11BrN2O2. The van der Waals surface area contributed by atoms with E-state index < -0.39 is 0 Å². The Morgan fingerprint density at radius 1 is 1.44 bits per heavy atom. The van der Waals surface area contributed by atoms with E-state index in [-0.39, 0.29) is 12.2 Å². The summed E-state index contributed by atoms with van der Waals surface area (Å²) >= 11 is 3.37. The van der Waals surface area contributed by atoms with Crippen LogP contribution < -0.4 is 5.56 Å². The highest BCUT2D eigenvalue weighted by atomic mass is 79.9. The Morgan fingerprint density at radius 3 is 3.00 bits per heavy atom. The van der Waals surface area contributed by atoms with Crippen LogP contribution >= 0.6 is 15.9 Å². The molecular weight excluding hydrogens is 272 g/mol. The van der Waals surface area contributed by atoms with Gasteiger partial charge in [-0.2, -0.15) is 0 Å². The molecule has 0 aliphatic carbocycles. The highest BCUT2D eigenvalue weighted by Gasteiger charge is 2.05. The molecule has 0 unspecified atom stereocenters.